The Hall–Kier alpha value is -1.31. The first kappa shape index (κ1) is 21.0. The molecule has 146 valence electrons. The highest BCUT2D eigenvalue weighted by atomic mass is 35.5. The van der Waals surface area contributed by atoms with Crippen LogP contribution in [0.2, 0.25) is 5.02 Å². The van der Waals surface area contributed by atoms with Gasteiger partial charge in [-0.1, -0.05) is 25.4 Å². The minimum Gasteiger partial charge on any atom is -0.352 e. The first-order valence-electron chi connectivity index (χ1n) is 8.92. The van der Waals surface area contributed by atoms with Gasteiger partial charge in [-0.05, 0) is 49.4 Å². The van der Waals surface area contributed by atoms with Gasteiger partial charge in [0.05, 0.1) is 16.8 Å². The minimum atomic E-state index is -3.38. The van der Waals surface area contributed by atoms with E-state index in [0.717, 1.165) is 44.1 Å². The molecule has 8 heteroatoms. The van der Waals surface area contributed by atoms with Crippen LogP contribution >= 0.6 is 11.6 Å². The number of piperidine rings is 1. The minimum absolute atomic E-state index is 0.217. The molecule has 1 amide bonds. The number of nitrogens with zero attached hydrogens (tertiary/aromatic N) is 1. The molecule has 0 aliphatic carbocycles. The average Bonchev–Trinajstić information content (AvgIpc) is 2.49. The fourth-order valence-electron chi connectivity index (χ4n) is 3.55. The lowest BCUT2D eigenvalue weighted by Crippen LogP contribution is -2.40. The molecular weight excluding hydrogens is 374 g/mol. The van der Waals surface area contributed by atoms with Crippen LogP contribution in [0.5, 0.6) is 0 Å². The molecule has 1 aromatic rings. The van der Waals surface area contributed by atoms with E-state index in [1.165, 1.54) is 24.6 Å². The predicted octanol–water partition coefficient (Wildman–Crippen LogP) is 2.81. The lowest BCUT2D eigenvalue weighted by Gasteiger charge is -2.34. The molecule has 0 saturated carbocycles. The summed E-state index contributed by atoms with van der Waals surface area (Å²) in [7, 11) is -3.38. The molecule has 1 aliphatic rings. The highest BCUT2D eigenvalue weighted by Crippen LogP contribution is 2.22. The summed E-state index contributed by atoms with van der Waals surface area (Å²) in [6, 6.07) is 4.49. The van der Waals surface area contributed by atoms with Crippen molar-refractivity contribution >= 4 is 33.2 Å². The molecule has 2 rings (SSSR count). The van der Waals surface area contributed by atoms with Crippen LogP contribution < -0.4 is 10.0 Å². The summed E-state index contributed by atoms with van der Waals surface area (Å²) in [5.41, 5.74) is 0.674. The van der Waals surface area contributed by atoms with Crippen molar-refractivity contribution in [3.05, 3.63) is 28.8 Å². The largest absolute Gasteiger partial charge is 0.352 e. The van der Waals surface area contributed by atoms with E-state index in [-0.39, 0.29) is 10.9 Å². The van der Waals surface area contributed by atoms with Crippen molar-refractivity contribution < 1.29 is 13.2 Å². The van der Waals surface area contributed by atoms with Crippen LogP contribution in [0.15, 0.2) is 18.2 Å². The zero-order chi connectivity index (χ0) is 19.3. The number of benzene rings is 1. The molecule has 2 atom stereocenters. The number of hydrogen-bond acceptors (Lipinski definition) is 4. The van der Waals surface area contributed by atoms with Crippen LogP contribution in [-0.4, -0.2) is 51.7 Å². The van der Waals surface area contributed by atoms with Gasteiger partial charge in [0.25, 0.3) is 5.91 Å². The summed E-state index contributed by atoms with van der Waals surface area (Å²) in [6.45, 7) is 8.37. The van der Waals surface area contributed by atoms with E-state index in [2.05, 4.69) is 28.8 Å². The Bertz CT molecular complexity index is 729. The molecule has 1 heterocycles. The van der Waals surface area contributed by atoms with Gasteiger partial charge in [-0.2, -0.15) is 0 Å². The number of nitrogens with one attached hydrogen (secondary N) is 2. The summed E-state index contributed by atoms with van der Waals surface area (Å²) in [6.07, 6.45) is 3.23. The normalized spacial score (nSPS) is 21.4. The second kappa shape index (κ2) is 9.06. The molecular formula is C18H28ClN3O3S. The topological polar surface area (TPSA) is 78.5 Å². The van der Waals surface area contributed by atoms with Crippen LogP contribution in [0.25, 0.3) is 0 Å². The van der Waals surface area contributed by atoms with Crippen molar-refractivity contribution in [3.63, 3.8) is 0 Å². The van der Waals surface area contributed by atoms with Crippen LogP contribution in [-0.2, 0) is 10.0 Å². The van der Waals surface area contributed by atoms with Gasteiger partial charge in [0.1, 0.15) is 0 Å². The third-order valence-electron chi connectivity index (χ3n) is 4.40. The lowest BCUT2D eigenvalue weighted by molar-refractivity contribution is 0.0947. The predicted molar refractivity (Wildman–Crippen MR) is 106 cm³/mol. The smallest absolute Gasteiger partial charge is 0.252 e. The van der Waals surface area contributed by atoms with Crippen molar-refractivity contribution in [1.29, 1.82) is 0 Å². The van der Waals surface area contributed by atoms with E-state index in [9.17, 15) is 13.2 Å². The molecule has 1 aromatic carbocycles. The molecule has 0 aromatic heterocycles. The van der Waals surface area contributed by atoms with E-state index in [0.29, 0.717) is 17.8 Å². The number of rotatable bonds is 7. The number of likely N-dealkylation sites (tertiary alicyclic amines) is 1. The van der Waals surface area contributed by atoms with Gasteiger partial charge in [0.15, 0.2) is 0 Å². The first-order valence-corrected chi connectivity index (χ1v) is 11.2. The Kier molecular flexibility index (Phi) is 7.32. The number of carbonyl (C=O) groups excluding carboxylic acids is 1. The molecule has 6 nitrogen and oxygen atoms in total. The molecule has 0 unspecified atom stereocenters. The highest BCUT2D eigenvalue weighted by Gasteiger charge is 2.21. The van der Waals surface area contributed by atoms with Gasteiger partial charge in [0.2, 0.25) is 10.0 Å². The summed E-state index contributed by atoms with van der Waals surface area (Å²) in [5, 5.41) is 3.10. The third kappa shape index (κ3) is 6.78. The van der Waals surface area contributed by atoms with E-state index in [1.807, 2.05) is 0 Å². The van der Waals surface area contributed by atoms with Crippen molar-refractivity contribution in [2.45, 2.75) is 26.7 Å². The van der Waals surface area contributed by atoms with Gasteiger partial charge in [-0.3, -0.25) is 9.52 Å². The van der Waals surface area contributed by atoms with Gasteiger partial charge >= 0.3 is 0 Å². The van der Waals surface area contributed by atoms with Gasteiger partial charge in [-0.25, -0.2) is 8.42 Å². The quantitative estimate of drug-likeness (QED) is 0.688. The second-order valence-electron chi connectivity index (χ2n) is 7.38. The second-order valence-corrected chi connectivity index (χ2v) is 9.54. The number of carbonyl (C=O) groups is 1. The summed E-state index contributed by atoms with van der Waals surface area (Å²) in [5.74, 6) is 1.21. The van der Waals surface area contributed by atoms with E-state index >= 15 is 0 Å². The van der Waals surface area contributed by atoms with E-state index in [1.54, 1.807) is 0 Å². The molecule has 1 saturated heterocycles. The van der Waals surface area contributed by atoms with Crippen LogP contribution in [0.3, 0.4) is 0 Å². The number of anilines is 1. The molecule has 0 spiro atoms. The zero-order valence-corrected chi connectivity index (χ0v) is 17.2. The molecule has 0 radical (unpaired) electrons. The number of halogens is 1. The highest BCUT2D eigenvalue weighted by molar-refractivity contribution is 7.92. The van der Waals surface area contributed by atoms with Gasteiger partial charge < -0.3 is 10.2 Å². The Morgan fingerprint density at radius 2 is 1.92 bits per heavy atom. The van der Waals surface area contributed by atoms with Crippen molar-refractivity contribution in [1.82, 2.24) is 10.2 Å². The first-order chi connectivity index (χ1) is 12.1. The third-order valence-corrected chi connectivity index (χ3v) is 5.32. The monoisotopic (exact) mass is 401 g/mol. The summed E-state index contributed by atoms with van der Waals surface area (Å²) < 4.78 is 24.8. The maximum absolute atomic E-state index is 12.3. The molecule has 2 N–H and O–H groups in total. The van der Waals surface area contributed by atoms with Crippen molar-refractivity contribution in [3.8, 4) is 0 Å². The van der Waals surface area contributed by atoms with Crippen molar-refractivity contribution in [2.24, 2.45) is 11.8 Å². The molecule has 26 heavy (non-hydrogen) atoms. The number of hydrogen-bond donors (Lipinski definition) is 2. The fourth-order valence-corrected chi connectivity index (χ4v) is 4.37. The van der Waals surface area contributed by atoms with Crippen molar-refractivity contribution in [2.75, 3.05) is 37.2 Å². The average molecular weight is 402 g/mol. The SMILES string of the molecule is C[C@H]1C[C@H](C)CN(CCCNC(=O)c2ccc(NS(C)(=O)=O)cc2Cl)C1. The number of sulfonamides is 1. The fraction of sp³-hybridized carbons (Fsp3) is 0.611. The summed E-state index contributed by atoms with van der Waals surface area (Å²) in [4.78, 5) is 14.7. The van der Waals surface area contributed by atoms with Gasteiger partial charge in [-0.15, -0.1) is 0 Å². The molecule has 1 fully saturated rings. The Morgan fingerprint density at radius 1 is 1.27 bits per heavy atom. The molecule has 0 bridgehead atoms. The van der Waals surface area contributed by atoms with Crippen LogP contribution in [0.1, 0.15) is 37.0 Å². The standard InChI is InChI=1S/C18H28ClN3O3S/c1-13-9-14(2)12-22(11-13)8-4-7-20-18(23)16-6-5-15(10-17(16)19)21-26(3,24)25/h5-6,10,13-14,21H,4,7-9,11-12H2,1-3H3,(H,20,23)/t13-,14-/m0/s1. The number of amides is 1. The van der Waals surface area contributed by atoms with E-state index < -0.39 is 10.0 Å². The summed E-state index contributed by atoms with van der Waals surface area (Å²) >= 11 is 6.12. The Labute approximate surface area is 161 Å². The van der Waals surface area contributed by atoms with Crippen LogP contribution in [0, 0.1) is 11.8 Å². The lowest BCUT2D eigenvalue weighted by atomic mass is 9.92. The maximum Gasteiger partial charge on any atom is 0.252 e. The van der Waals surface area contributed by atoms with Gasteiger partial charge in [0, 0.05) is 25.3 Å². The van der Waals surface area contributed by atoms with Crippen LogP contribution in [0.4, 0.5) is 5.69 Å². The Morgan fingerprint density at radius 3 is 2.50 bits per heavy atom. The zero-order valence-electron chi connectivity index (χ0n) is 15.6. The Balaban J connectivity index is 1.80. The van der Waals surface area contributed by atoms with E-state index in [4.69, 9.17) is 11.6 Å². The maximum atomic E-state index is 12.3. The molecule has 1 aliphatic heterocycles.